The summed E-state index contributed by atoms with van der Waals surface area (Å²) in [5, 5.41) is 0.625. The topological polar surface area (TPSA) is 34.9 Å². The molecule has 0 spiro atoms. The third-order valence-electron chi connectivity index (χ3n) is 3.38. The molecule has 0 aliphatic rings. The summed E-state index contributed by atoms with van der Waals surface area (Å²) in [5.74, 6) is 0.597. The van der Waals surface area contributed by atoms with Crippen LogP contribution < -0.4 is 5.56 Å². The Morgan fingerprint density at radius 3 is 2.45 bits per heavy atom. The zero-order valence-corrected chi connectivity index (χ0v) is 11.2. The van der Waals surface area contributed by atoms with Crippen LogP contribution in [0.3, 0.4) is 0 Å². The normalized spacial score (nSPS) is 10.7. The number of hydrogen-bond donors (Lipinski definition) is 0. The second-order valence-electron chi connectivity index (χ2n) is 4.66. The fourth-order valence-electron chi connectivity index (χ4n) is 2.26. The second kappa shape index (κ2) is 4.78. The van der Waals surface area contributed by atoms with Crippen LogP contribution >= 0.6 is 0 Å². The zero-order chi connectivity index (χ0) is 14.1. The van der Waals surface area contributed by atoms with E-state index in [9.17, 15) is 4.79 Å². The molecule has 20 heavy (non-hydrogen) atoms. The highest BCUT2D eigenvalue weighted by Gasteiger charge is 2.11. The second-order valence-corrected chi connectivity index (χ2v) is 4.66. The van der Waals surface area contributed by atoms with Crippen molar-refractivity contribution in [1.29, 1.82) is 0 Å². The van der Waals surface area contributed by atoms with Crippen molar-refractivity contribution in [2.45, 2.75) is 0 Å². The molecule has 0 amide bonds. The first-order valence-corrected chi connectivity index (χ1v) is 6.39. The maximum atomic E-state index is 12.4. The summed E-state index contributed by atoms with van der Waals surface area (Å²) < 4.78 is 1.55. The highest BCUT2D eigenvalue weighted by molar-refractivity contribution is 5.81. The van der Waals surface area contributed by atoms with E-state index in [0.717, 1.165) is 11.1 Å². The molecule has 0 radical (unpaired) electrons. The summed E-state index contributed by atoms with van der Waals surface area (Å²) >= 11 is 0. The van der Waals surface area contributed by atoms with Crippen LogP contribution in [0.15, 0.2) is 66.0 Å². The van der Waals surface area contributed by atoms with Crippen molar-refractivity contribution in [3.63, 3.8) is 0 Å². The number of para-hydroxylation sites is 1. The molecule has 3 aromatic rings. The molecule has 3 heteroatoms. The first-order chi connectivity index (χ1) is 9.68. The van der Waals surface area contributed by atoms with Crippen molar-refractivity contribution in [3.05, 3.63) is 82.9 Å². The predicted molar refractivity (Wildman–Crippen MR) is 81.6 cm³/mol. The molecule has 3 nitrogen and oxygen atoms in total. The van der Waals surface area contributed by atoms with Gasteiger partial charge in [0.05, 0.1) is 10.9 Å². The molecule has 0 aliphatic heterocycles. The van der Waals surface area contributed by atoms with E-state index < -0.39 is 0 Å². The molecule has 2 aromatic carbocycles. The summed E-state index contributed by atoms with van der Waals surface area (Å²) in [4.78, 5) is 16.9. The van der Waals surface area contributed by atoms with Crippen LogP contribution in [-0.2, 0) is 7.05 Å². The largest absolute Gasteiger partial charge is 0.295 e. The number of rotatable bonds is 2. The summed E-state index contributed by atoms with van der Waals surface area (Å²) in [5.41, 5.74) is 2.35. The lowest BCUT2D eigenvalue weighted by atomic mass is 10.1. The van der Waals surface area contributed by atoms with E-state index in [1.807, 2.05) is 48.5 Å². The molecule has 0 bridgehead atoms. The molecule has 98 valence electrons. The molecule has 0 N–H and O–H groups in total. The molecule has 0 atom stereocenters. The fourth-order valence-corrected chi connectivity index (χ4v) is 2.26. The van der Waals surface area contributed by atoms with Crippen LogP contribution in [0.2, 0.25) is 0 Å². The maximum Gasteiger partial charge on any atom is 0.261 e. The Bertz CT molecular complexity index is 848. The highest BCUT2D eigenvalue weighted by atomic mass is 16.1. The Morgan fingerprint density at radius 1 is 1.05 bits per heavy atom. The van der Waals surface area contributed by atoms with Gasteiger partial charge in [-0.1, -0.05) is 49.0 Å². The van der Waals surface area contributed by atoms with Crippen molar-refractivity contribution in [3.8, 4) is 0 Å². The van der Waals surface area contributed by atoms with Gasteiger partial charge in [-0.3, -0.25) is 9.36 Å². The molecule has 0 unspecified atom stereocenters. The van der Waals surface area contributed by atoms with Gasteiger partial charge in [0.25, 0.3) is 5.56 Å². The Labute approximate surface area is 116 Å². The van der Waals surface area contributed by atoms with E-state index in [1.165, 1.54) is 0 Å². The lowest BCUT2D eigenvalue weighted by Crippen LogP contribution is -2.22. The smallest absolute Gasteiger partial charge is 0.261 e. The number of nitrogens with zero attached hydrogens (tertiary/aromatic N) is 2. The van der Waals surface area contributed by atoms with Crippen LogP contribution in [0, 0.1) is 0 Å². The van der Waals surface area contributed by atoms with Gasteiger partial charge in [0.2, 0.25) is 0 Å². The van der Waals surface area contributed by atoms with Gasteiger partial charge in [-0.25, -0.2) is 4.98 Å². The van der Waals surface area contributed by atoms with E-state index in [0.29, 0.717) is 16.7 Å². The number of benzene rings is 2. The SMILES string of the molecule is C=C(c1ccccc1)c1nc2ccccc2c(=O)n1C. The number of aromatic nitrogens is 2. The Morgan fingerprint density at radius 2 is 1.70 bits per heavy atom. The van der Waals surface area contributed by atoms with Gasteiger partial charge in [0, 0.05) is 12.6 Å². The molecule has 0 saturated heterocycles. The molecule has 3 rings (SSSR count). The minimum absolute atomic E-state index is 0.0531. The van der Waals surface area contributed by atoms with E-state index in [4.69, 9.17) is 0 Å². The lowest BCUT2D eigenvalue weighted by molar-refractivity contribution is 0.822. The summed E-state index contributed by atoms with van der Waals surface area (Å²) in [6, 6.07) is 17.1. The van der Waals surface area contributed by atoms with Crippen LogP contribution in [0.4, 0.5) is 0 Å². The van der Waals surface area contributed by atoms with Gasteiger partial charge in [0.1, 0.15) is 5.82 Å². The van der Waals surface area contributed by atoms with Crippen LogP contribution in [0.1, 0.15) is 11.4 Å². The minimum atomic E-state index is -0.0531. The van der Waals surface area contributed by atoms with E-state index in [2.05, 4.69) is 11.6 Å². The van der Waals surface area contributed by atoms with Gasteiger partial charge in [-0.15, -0.1) is 0 Å². The van der Waals surface area contributed by atoms with Crippen LogP contribution in [-0.4, -0.2) is 9.55 Å². The predicted octanol–water partition coefficient (Wildman–Crippen LogP) is 3.00. The molecule has 1 heterocycles. The average molecular weight is 262 g/mol. The number of fused-ring (bicyclic) bond motifs is 1. The van der Waals surface area contributed by atoms with Crippen LogP contribution in [0.25, 0.3) is 16.5 Å². The Hall–Kier alpha value is -2.68. The Kier molecular flexibility index (Phi) is 2.95. The zero-order valence-electron chi connectivity index (χ0n) is 11.2. The van der Waals surface area contributed by atoms with Crippen molar-refractivity contribution in [1.82, 2.24) is 9.55 Å². The quantitative estimate of drug-likeness (QED) is 0.711. The van der Waals surface area contributed by atoms with Crippen molar-refractivity contribution >= 4 is 16.5 Å². The molecular weight excluding hydrogens is 248 g/mol. The highest BCUT2D eigenvalue weighted by Crippen LogP contribution is 2.19. The van der Waals surface area contributed by atoms with Crippen LogP contribution in [0.5, 0.6) is 0 Å². The number of hydrogen-bond acceptors (Lipinski definition) is 2. The monoisotopic (exact) mass is 262 g/mol. The third-order valence-corrected chi connectivity index (χ3v) is 3.38. The summed E-state index contributed by atoms with van der Waals surface area (Å²) in [7, 11) is 1.73. The maximum absolute atomic E-state index is 12.4. The summed E-state index contributed by atoms with van der Waals surface area (Å²) in [6.07, 6.45) is 0. The summed E-state index contributed by atoms with van der Waals surface area (Å²) in [6.45, 7) is 4.08. The molecule has 1 aromatic heterocycles. The minimum Gasteiger partial charge on any atom is -0.295 e. The van der Waals surface area contributed by atoms with Gasteiger partial charge in [-0.2, -0.15) is 0 Å². The fraction of sp³-hybridized carbons (Fsp3) is 0.0588. The van der Waals surface area contributed by atoms with Gasteiger partial charge >= 0.3 is 0 Å². The first kappa shape index (κ1) is 12.4. The van der Waals surface area contributed by atoms with Gasteiger partial charge in [-0.05, 0) is 17.7 Å². The van der Waals surface area contributed by atoms with Crippen molar-refractivity contribution in [2.75, 3.05) is 0 Å². The third kappa shape index (κ3) is 1.93. The van der Waals surface area contributed by atoms with E-state index >= 15 is 0 Å². The molecule has 0 saturated carbocycles. The molecule has 0 aliphatic carbocycles. The van der Waals surface area contributed by atoms with E-state index in [1.54, 1.807) is 17.7 Å². The molecule has 0 fully saturated rings. The Balaban J connectivity index is 2.25. The van der Waals surface area contributed by atoms with Gasteiger partial charge < -0.3 is 0 Å². The average Bonchev–Trinajstić information content (AvgIpc) is 2.51. The van der Waals surface area contributed by atoms with Crippen molar-refractivity contribution in [2.24, 2.45) is 7.05 Å². The van der Waals surface area contributed by atoms with Gasteiger partial charge in [0.15, 0.2) is 0 Å². The lowest BCUT2D eigenvalue weighted by Gasteiger charge is -2.11. The van der Waals surface area contributed by atoms with Crippen molar-refractivity contribution < 1.29 is 0 Å². The van der Waals surface area contributed by atoms with E-state index in [-0.39, 0.29) is 5.56 Å². The standard InChI is InChI=1S/C17H14N2O/c1-12(13-8-4-3-5-9-13)16-18-15-11-7-6-10-14(15)17(20)19(16)2/h3-11H,1H2,2H3. The molecular formula is C17H14N2O. The first-order valence-electron chi connectivity index (χ1n) is 6.39.